The number of nitrogens with one attached hydrogen (secondary N) is 3. The summed E-state index contributed by atoms with van der Waals surface area (Å²) in [4.78, 5) is 35.7. The van der Waals surface area contributed by atoms with Crippen LogP contribution in [0.4, 0.5) is 5.95 Å². The Balaban J connectivity index is 1.41. The Bertz CT molecular complexity index is 1210. The topological polar surface area (TPSA) is 125 Å². The van der Waals surface area contributed by atoms with Crippen LogP contribution in [0.2, 0.25) is 0 Å². The molecular formula is C30H41N7O3. The first-order chi connectivity index (χ1) is 19.4. The van der Waals surface area contributed by atoms with Crippen molar-refractivity contribution in [2.45, 2.75) is 64.5 Å². The van der Waals surface area contributed by atoms with Gasteiger partial charge in [-0.2, -0.15) is 10.1 Å². The van der Waals surface area contributed by atoms with Crippen molar-refractivity contribution in [3.05, 3.63) is 66.0 Å². The second-order valence-corrected chi connectivity index (χ2v) is 10.7. The average molecular weight is 548 g/mol. The van der Waals surface area contributed by atoms with E-state index >= 15 is 0 Å². The predicted molar refractivity (Wildman–Crippen MR) is 154 cm³/mol. The first-order valence-electron chi connectivity index (χ1n) is 14.2. The number of benzene rings is 1. The lowest BCUT2D eigenvalue weighted by molar-refractivity contribution is -0.130. The number of carbonyl (C=O) groups is 2. The van der Waals surface area contributed by atoms with Gasteiger partial charge >= 0.3 is 6.01 Å². The van der Waals surface area contributed by atoms with Gasteiger partial charge in [0, 0.05) is 38.2 Å². The molecule has 4 rings (SSSR count). The number of hydrogen-bond acceptors (Lipinski definition) is 8. The van der Waals surface area contributed by atoms with Crippen LogP contribution in [0.5, 0.6) is 6.01 Å². The number of Topliss-reactive ketones (excluding diaryl/α,β-unsaturated/α-hetero) is 1. The summed E-state index contributed by atoms with van der Waals surface area (Å²) in [6.07, 6.45) is 8.49. The van der Waals surface area contributed by atoms with E-state index in [1.807, 2.05) is 24.3 Å². The Morgan fingerprint density at radius 3 is 2.62 bits per heavy atom. The van der Waals surface area contributed by atoms with Gasteiger partial charge in [0.2, 0.25) is 11.9 Å². The third kappa shape index (κ3) is 8.61. The minimum Gasteiger partial charge on any atom is -0.460 e. The molecule has 3 heterocycles. The standard InChI is InChI=1S/C30H41N7O3/c1-4-28(39)37-14-10-24(11-15-37)27(38)17-22-6-5-7-23(16-22)18-32-29-35-30(40-26-8-12-31-13-9-26)33-19-25(21(2)3)20-34-36-29/h4-7,16,19-21,24,26,31H,1,8-15,17-18H2,2-3H3,(H2,32,33,35,36). The van der Waals surface area contributed by atoms with Crippen molar-refractivity contribution in [1.82, 2.24) is 30.4 Å². The molecule has 2 aromatic rings. The van der Waals surface area contributed by atoms with Gasteiger partial charge in [0.05, 0.1) is 6.20 Å². The van der Waals surface area contributed by atoms with Gasteiger partial charge in [0.25, 0.3) is 0 Å². The van der Waals surface area contributed by atoms with Gasteiger partial charge in [-0.1, -0.05) is 44.7 Å². The van der Waals surface area contributed by atoms with Crippen LogP contribution in [0.1, 0.15) is 62.1 Å². The molecule has 40 heavy (non-hydrogen) atoms. The summed E-state index contributed by atoms with van der Waals surface area (Å²) in [5.74, 6) is 0.814. The van der Waals surface area contributed by atoms with E-state index in [1.54, 1.807) is 17.3 Å². The quantitative estimate of drug-likeness (QED) is 0.385. The van der Waals surface area contributed by atoms with Crippen LogP contribution in [0, 0.1) is 5.92 Å². The van der Waals surface area contributed by atoms with Crippen LogP contribution < -0.4 is 15.4 Å². The molecule has 0 saturated carbocycles. The summed E-state index contributed by atoms with van der Waals surface area (Å²) in [5.41, 5.74) is 2.95. The summed E-state index contributed by atoms with van der Waals surface area (Å²) in [7, 11) is 0. The second-order valence-electron chi connectivity index (χ2n) is 10.7. The molecule has 0 spiro atoms. The highest BCUT2D eigenvalue weighted by Crippen LogP contribution is 2.21. The van der Waals surface area contributed by atoms with Crippen LogP contribution in [-0.2, 0) is 22.6 Å². The molecule has 1 aromatic heterocycles. The van der Waals surface area contributed by atoms with Crippen LogP contribution in [-0.4, -0.2) is 69.0 Å². The molecule has 2 saturated heterocycles. The number of anilines is 1. The number of amides is 1. The zero-order valence-electron chi connectivity index (χ0n) is 23.6. The number of carbonyl (C=O) groups excluding carboxylic acids is 2. The number of piperidine rings is 2. The first-order valence-corrected chi connectivity index (χ1v) is 14.2. The number of likely N-dealkylation sites (tertiary alicyclic amines) is 1. The Morgan fingerprint density at radius 2 is 1.90 bits per heavy atom. The van der Waals surface area contributed by atoms with E-state index in [9.17, 15) is 9.59 Å². The Hall–Kier alpha value is -3.79. The molecule has 10 heteroatoms. The highest BCUT2D eigenvalue weighted by atomic mass is 16.5. The maximum absolute atomic E-state index is 13.0. The minimum atomic E-state index is -0.0660. The number of ether oxygens (including phenoxy) is 1. The van der Waals surface area contributed by atoms with E-state index in [1.165, 1.54) is 6.08 Å². The molecule has 3 N–H and O–H groups in total. The average Bonchev–Trinajstić information content (AvgIpc) is 3.07. The van der Waals surface area contributed by atoms with Crippen molar-refractivity contribution in [3.8, 4) is 6.01 Å². The third-order valence-corrected chi connectivity index (χ3v) is 7.41. The molecular weight excluding hydrogens is 506 g/mol. The zero-order valence-corrected chi connectivity index (χ0v) is 23.6. The molecule has 2 aliphatic heterocycles. The van der Waals surface area contributed by atoms with Crippen LogP contribution >= 0.6 is 0 Å². The number of hydrogen-bond donors (Lipinski definition) is 3. The molecule has 214 valence electrons. The predicted octanol–water partition coefficient (Wildman–Crippen LogP) is 3.73. The lowest BCUT2D eigenvalue weighted by atomic mass is 9.89. The molecule has 2 fully saturated rings. The summed E-state index contributed by atoms with van der Waals surface area (Å²) in [6, 6.07) is 8.30. The summed E-state index contributed by atoms with van der Waals surface area (Å²) < 4.78 is 6.16. The van der Waals surface area contributed by atoms with E-state index < -0.39 is 0 Å². The zero-order chi connectivity index (χ0) is 28.3. The summed E-state index contributed by atoms with van der Waals surface area (Å²) in [5, 5.41) is 14.0. The molecule has 0 aliphatic carbocycles. The monoisotopic (exact) mass is 547 g/mol. The molecule has 0 bridgehead atoms. The van der Waals surface area contributed by atoms with E-state index in [4.69, 9.17) is 4.74 Å². The number of aromatic amines is 1. The Kier molecular flexibility index (Phi) is 10.6. The van der Waals surface area contributed by atoms with Crippen molar-refractivity contribution >= 4 is 17.6 Å². The number of rotatable bonds is 10. The fraction of sp³-hybridized carbons (Fsp3) is 0.500. The van der Waals surface area contributed by atoms with E-state index in [2.05, 4.69) is 51.2 Å². The van der Waals surface area contributed by atoms with Crippen molar-refractivity contribution in [1.29, 1.82) is 0 Å². The van der Waals surface area contributed by atoms with Gasteiger partial charge in [-0.05, 0) is 67.5 Å². The Labute approximate surface area is 236 Å². The number of ketones is 1. The van der Waals surface area contributed by atoms with Crippen LogP contribution in [0.25, 0.3) is 0 Å². The van der Waals surface area contributed by atoms with Gasteiger partial charge in [-0.3, -0.25) is 9.59 Å². The molecule has 10 nitrogen and oxygen atoms in total. The number of H-pyrrole nitrogens is 1. The summed E-state index contributed by atoms with van der Waals surface area (Å²) >= 11 is 0. The van der Waals surface area contributed by atoms with Crippen molar-refractivity contribution in [2.24, 2.45) is 5.92 Å². The highest BCUT2D eigenvalue weighted by molar-refractivity contribution is 5.87. The van der Waals surface area contributed by atoms with Gasteiger partial charge in [-0.15, -0.1) is 0 Å². The first kappa shape index (κ1) is 29.2. The molecule has 1 aromatic carbocycles. The fourth-order valence-corrected chi connectivity index (χ4v) is 4.91. The highest BCUT2D eigenvalue weighted by Gasteiger charge is 2.26. The summed E-state index contributed by atoms with van der Waals surface area (Å²) in [6.45, 7) is 11.2. The number of aromatic nitrogens is 4. The maximum atomic E-state index is 13.0. The lowest BCUT2D eigenvalue weighted by Gasteiger charge is -2.30. The van der Waals surface area contributed by atoms with E-state index in [-0.39, 0.29) is 29.6 Å². The Morgan fingerprint density at radius 1 is 1.15 bits per heavy atom. The van der Waals surface area contributed by atoms with E-state index in [0.717, 1.165) is 42.6 Å². The largest absolute Gasteiger partial charge is 0.460 e. The van der Waals surface area contributed by atoms with Crippen LogP contribution in [0.3, 0.4) is 0 Å². The van der Waals surface area contributed by atoms with Gasteiger partial charge < -0.3 is 20.3 Å². The van der Waals surface area contributed by atoms with Gasteiger partial charge in [0.15, 0.2) is 0 Å². The number of nitrogens with zero attached hydrogens (tertiary/aromatic N) is 4. The van der Waals surface area contributed by atoms with Crippen LogP contribution in [0.15, 0.2) is 49.3 Å². The van der Waals surface area contributed by atoms with Gasteiger partial charge in [0.1, 0.15) is 11.9 Å². The molecule has 0 unspecified atom stereocenters. The van der Waals surface area contributed by atoms with Crippen molar-refractivity contribution in [2.75, 3.05) is 31.5 Å². The minimum absolute atomic E-state index is 0.0204. The smallest absolute Gasteiger partial charge is 0.319 e. The third-order valence-electron chi connectivity index (χ3n) is 7.41. The van der Waals surface area contributed by atoms with Crippen molar-refractivity contribution < 1.29 is 14.3 Å². The van der Waals surface area contributed by atoms with Crippen molar-refractivity contribution in [3.63, 3.8) is 0 Å². The lowest BCUT2D eigenvalue weighted by Crippen LogP contribution is -2.39. The van der Waals surface area contributed by atoms with Gasteiger partial charge in [-0.25, -0.2) is 10.1 Å². The molecule has 2 aliphatic rings. The maximum Gasteiger partial charge on any atom is 0.319 e. The SMILES string of the molecule is C=CC(=O)N1CCC(C(=O)Cc2cccc(CNc3nc(OC4CCNCC4)ncc(C(C)C)cn[nH]3)c2)CC1. The molecule has 1 amide bonds. The fourth-order valence-electron chi connectivity index (χ4n) is 4.91. The van der Waals surface area contributed by atoms with E-state index in [0.29, 0.717) is 50.9 Å². The second kappa shape index (κ2) is 14.6. The molecule has 0 radical (unpaired) electrons. The normalized spacial score (nSPS) is 16.3. The molecule has 0 atom stereocenters.